The molecule has 1 rings (SSSR count). The number of aromatic hydroxyl groups is 1. The van der Waals surface area contributed by atoms with E-state index >= 15 is 0 Å². The van der Waals surface area contributed by atoms with Gasteiger partial charge in [-0.1, -0.05) is 26.0 Å². The normalized spacial score (nSPS) is 8.36. The second kappa shape index (κ2) is 4.78. The molecule has 0 aliphatic heterocycles. The molecule has 0 spiro atoms. The Morgan fingerprint density at radius 2 is 1.64 bits per heavy atom. The standard InChI is InChI=1S/C8H10O.C2H6/c1-6-3-4-7(2)8(9)5-6;1-2/h3-5,9H,1-2H3;1-2H3. The van der Waals surface area contributed by atoms with Crippen molar-refractivity contribution in [1.82, 2.24) is 0 Å². The molecule has 0 bridgehead atoms. The zero-order valence-electron chi connectivity index (χ0n) is 7.68. The van der Waals surface area contributed by atoms with Crippen LogP contribution >= 0.6 is 0 Å². The van der Waals surface area contributed by atoms with E-state index in [2.05, 4.69) is 0 Å². The molecule has 0 heterocycles. The first-order valence-corrected chi connectivity index (χ1v) is 3.96. The molecule has 1 nitrogen and oxygen atoms in total. The molecule has 1 N–H and O–H groups in total. The minimum Gasteiger partial charge on any atom is -0.508 e. The maximum atomic E-state index is 9.10. The van der Waals surface area contributed by atoms with Gasteiger partial charge in [0.1, 0.15) is 5.75 Å². The van der Waals surface area contributed by atoms with Gasteiger partial charge in [0.05, 0.1) is 0 Å². The highest BCUT2D eigenvalue weighted by Crippen LogP contribution is 2.15. The highest BCUT2D eigenvalue weighted by molar-refractivity contribution is 5.34. The SMILES string of the molecule is CC.Cc1ccc(C)c(O)c1. The van der Waals surface area contributed by atoms with E-state index in [0.717, 1.165) is 11.1 Å². The van der Waals surface area contributed by atoms with Crippen molar-refractivity contribution in [3.63, 3.8) is 0 Å². The minimum absolute atomic E-state index is 0.384. The van der Waals surface area contributed by atoms with E-state index in [4.69, 9.17) is 5.11 Å². The van der Waals surface area contributed by atoms with Gasteiger partial charge in [0.25, 0.3) is 0 Å². The maximum Gasteiger partial charge on any atom is 0.118 e. The first-order valence-electron chi connectivity index (χ1n) is 3.96. The fraction of sp³-hybridized carbons (Fsp3) is 0.400. The molecule has 0 saturated carbocycles. The summed E-state index contributed by atoms with van der Waals surface area (Å²) < 4.78 is 0. The molecule has 1 aromatic rings. The first kappa shape index (κ1) is 10.0. The topological polar surface area (TPSA) is 20.2 Å². The van der Waals surface area contributed by atoms with Crippen molar-refractivity contribution in [2.24, 2.45) is 0 Å². The molecule has 0 unspecified atom stereocenters. The summed E-state index contributed by atoms with van der Waals surface area (Å²) in [6, 6.07) is 5.65. The Labute approximate surface area is 68.7 Å². The lowest BCUT2D eigenvalue weighted by Gasteiger charge is -1.97. The van der Waals surface area contributed by atoms with Crippen molar-refractivity contribution in [3.05, 3.63) is 29.3 Å². The zero-order chi connectivity index (χ0) is 8.85. The van der Waals surface area contributed by atoms with Crippen molar-refractivity contribution < 1.29 is 5.11 Å². The van der Waals surface area contributed by atoms with E-state index in [0.29, 0.717) is 5.75 Å². The zero-order valence-corrected chi connectivity index (χ0v) is 7.68. The van der Waals surface area contributed by atoms with Crippen LogP contribution in [0.3, 0.4) is 0 Å². The van der Waals surface area contributed by atoms with Crippen molar-refractivity contribution in [2.45, 2.75) is 27.7 Å². The van der Waals surface area contributed by atoms with Crippen LogP contribution in [-0.4, -0.2) is 5.11 Å². The second-order valence-corrected chi connectivity index (χ2v) is 2.29. The van der Waals surface area contributed by atoms with Gasteiger partial charge in [0.15, 0.2) is 0 Å². The van der Waals surface area contributed by atoms with Gasteiger partial charge < -0.3 is 5.11 Å². The summed E-state index contributed by atoms with van der Waals surface area (Å²) in [5, 5.41) is 9.10. The quantitative estimate of drug-likeness (QED) is 0.605. The van der Waals surface area contributed by atoms with Crippen LogP contribution in [0.15, 0.2) is 18.2 Å². The van der Waals surface area contributed by atoms with Gasteiger partial charge >= 0.3 is 0 Å². The van der Waals surface area contributed by atoms with Crippen molar-refractivity contribution in [1.29, 1.82) is 0 Å². The largest absolute Gasteiger partial charge is 0.508 e. The monoisotopic (exact) mass is 152 g/mol. The van der Waals surface area contributed by atoms with E-state index in [1.807, 2.05) is 39.8 Å². The lowest BCUT2D eigenvalue weighted by Crippen LogP contribution is -1.74. The molecule has 0 aliphatic carbocycles. The Bertz CT molecular complexity index is 216. The van der Waals surface area contributed by atoms with Crippen LogP contribution in [0.5, 0.6) is 5.75 Å². The van der Waals surface area contributed by atoms with Gasteiger partial charge in [-0.25, -0.2) is 0 Å². The van der Waals surface area contributed by atoms with Crippen LogP contribution in [0.1, 0.15) is 25.0 Å². The molecular weight excluding hydrogens is 136 g/mol. The summed E-state index contributed by atoms with van der Waals surface area (Å²) in [5.41, 5.74) is 2.03. The van der Waals surface area contributed by atoms with Crippen LogP contribution in [0.25, 0.3) is 0 Å². The van der Waals surface area contributed by atoms with E-state index in [-0.39, 0.29) is 0 Å². The highest BCUT2D eigenvalue weighted by Gasteiger charge is 1.91. The Morgan fingerprint density at radius 3 is 2.00 bits per heavy atom. The summed E-state index contributed by atoms with van der Waals surface area (Å²) in [7, 11) is 0. The molecule has 0 aromatic heterocycles. The Balaban J connectivity index is 0.000000461. The van der Waals surface area contributed by atoms with E-state index in [1.165, 1.54) is 0 Å². The van der Waals surface area contributed by atoms with Gasteiger partial charge in [0.2, 0.25) is 0 Å². The van der Waals surface area contributed by atoms with Gasteiger partial charge in [-0.2, -0.15) is 0 Å². The van der Waals surface area contributed by atoms with Crippen LogP contribution in [0.4, 0.5) is 0 Å². The Kier molecular flexibility index (Phi) is 4.35. The number of phenols is 1. The van der Waals surface area contributed by atoms with Gasteiger partial charge in [-0.3, -0.25) is 0 Å². The summed E-state index contributed by atoms with van der Waals surface area (Å²) in [6.45, 7) is 7.84. The third-order valence-electron chi connectivity index (χ3n) is 1.36. The molecule has 0 radical (unpaired) electrons. The molecule has 62 valence electrons. The predicted molar refractivity (Wildman–Crippen MR) is 48.9 cm³/mol. The molecule has 1 heteroatoms. The lowest BCUT2D eigenvalue weighted by atomic mass is 10.1. The van der Waals surface area contributed by atoms with Crippen LogP contribution < -0.4 is 0 Å². The maximum absolute atomic E-state index is 9.10. The van der Waals surface area contributed by atoms with E-state index in [1.54, 1.807) is 6.07 Å². The molecule has 11 heavy (non-hydrogen) atoms. The number of hydrogen-bond acceptors (Lipinski definition) is 1. The molecule has 0 saturated heterocycles. The molecule has 0 atom stereocenters. The number of benzene rings is 1. The Morgan fingerprint density at radius 1 is 1.09 bits per heavy atom. The molecule has 1 aromatic carbocycles. The summed E-state index contributed by atoms with van der Waals surface area (Å²) >= 11 is 0. The molecule has 0 fully saturated rings. The summed E-state index contributed by atoms with van der Waals surface area (Å²) in [6.07, 6.45) is 0. The average Bonchev–Trinajstić information content (AvgIpc) is 2.02. The smallest absolute Gasteiger partial charge is 0.118 e. The van der Waals surface area contributed by atoms with Crippen LogP contribution in [0, 0.1) is 13.8 Å². The average molecular weight is 152 g/mol. The Hall–Kier alpha value is -0.980. The minimum atomic E-state index is 0.384. The molecular formula is C10H16O. The van der Waals surface area contributed by atoms with E-state index < -0.39 is 0 Å². The number of hydrogen-bond donors (Lipinski definition) is 1. The first-order chi connectivity index (χ1) is 5.20. The lowest BCUT2D eigenvalue weighted by molar-refractivity contribution is 0.470. The molecule has 0 amide bonds. The molecule has 0 aliphatic rings. The van der Waals surface area contributed by atoms with Crippen molar-refractivity contribution >= 4 is 0 Å². The predicted octanol–water partition coefficient (Wildman–Crippen LogP) is 3.04. The summed E-state index contributed by atoms with van der Waals surface area (Å²) in [4.78, 5) is 0. The van der Waals surface area contributed by atoms with Crippen molar-refractivity contribution in [2.75, 3.05) is 0 Å². The number of aryl methyl sites for hydroxylation is 2. The third kappa shape index (κ3) is 3.08. The third-order valence-corrected chi connectivity index (χ3v) is 1.36. The highest BCUT2D eigenvalue weighted by atomic mass is 16.3. The summed E-state index contributed by atoms with van der Waals surface area (Å²) in [5.74, 6) is 0.384. The van der Waals surface area contributed by atoms with Gasteiger partial charge in [-0.05, 0) is 31.0 Å². The fourth-order valence-electron chi connectivity index (χ4n) is 0.719. The van der Waals surface area contributed by atoms with Gasteiger partial charge in [-0.15, -0.1) is 0 Å². The van der Waals surface area contributed by atoms with E-state index in [9.17, 15) is 0 Å². The fourth-order valence-corrected chi connectivity index (χ4v) is 0.719. The van der Waals surface area contributed by atoms with Crippen LogP contribution in [0.2, 0.25) is 0 Å². The van der Waals surface area contributed by atoms with Crippen LogP contribution in [-0.2, 0) is 0 Å². The number of rotatable bonds is 0. The van der Waals surface area contributed by atoms with Crippen molar-refractivity contribution in [3.8, 4) is 5.75 Å². The second-order valence-electron chi connectivity index (χ2n) is 2.29. The number of phenolic OH excluding ortho intramolecular Hbond substituents is 1. The van der Waals surface area contributed by atoms with Gasteiger partial charge in [0, 0.05) is 0 Å².